The summed E-state index contributed by atoms with van der Waals surface area (Å²) in [6.07, 6.45) is 9.30. The van der Waals surface area contributed by atoms with Crippen molar-refractivity contribution in [3.8, 4) is 0 Å². The lowest BCUT2D eigenvalue weighted by atomic mass is 10.0. The Labute approximate surface area is 138 Å². The fraction of sp³-hybridized carbons (Fsp3) is 0.500. The number of nitrogens with one attached hydrogen (secondary N) is 1. The van der Waals surface area contributed by atoms with Gasteiger partial charge < -0.3 is 10.2 Å². The van der Waals surface area contributed by atoms with Crippen molar-refractivity contribution < 1.29 is 0 Å². The van der Waals surface area contributed by atoms with E-state index in [-0.39, 0.29) is 12.4 Å². The summed E-state index contributed by atoms with van der Waals surface area (Å²) in [5.41, 5.74) is 1.24. The van der Waals surface area contributed by atoms with Crippen molar-refractivity contribution >= 4 is 28.9 Å². The minimum Gasteiger partial charge on any atom is -0.381 e. The van der Waals surface area contributed by atoms with Crippen LogP contribution in [0.15, 0.2) is 36.7 Å². The summed E-state index contributed by atoms with van der Waals surface area (Å²) in [5, 5.41) is 6.21. The van der Waals surface area contributed by atoms with E-state index in [9.17, 15) is 0 Å². The van der Waals surface area contributed by atoms with Gasteiger partial charge in [0.15, 0.2) is 0 Å². The zero-order chi connectivity index (χ0) is 14.1. The lowest BCUT2D eigenvalue weighted by Crippen LogP contribution is -2.42. The number of hydrogen-bond acceptors (Lipinski definition) is 3. The highest BCUT2D eigenvalue weighted by atomic mass is 35.5. The number of pyridine rings is 1. The summed E-state index contributed by atoms with van der Waals surface area (Å²) >= 11 is 0. The highest BCUT2D eigenvalue weighted by Gasteiger charge is 2.27. The molecule has 0 amide bonds. The molecule has 2 heterocycles. The molecular formula is C18H24ClN3. The average Bonchev–Trinajstić information content (AvgIpc) is 3.31. The second-order valence-corrected chi connectivity index (χ2v) is 6.62. The van der Waals surface area contributed by atoms with Gasteiger partial charge in [0.25, 0.3) is 0 Å². The molecule has 3 nitrogen and oxygen atoms in total. The zero-order valence-electron chi connectivity index (χ0n) is 12.9. The van der Waals surface area contributed by atoms with Gasteiger partial charge in [0.05, 0.1) is 0 Å². The van der Waals surface area contributed by atoms with Crippen LogP contribution in [-0.4, -0.2) is 35.6 Å². The number of likely N-dealkylation sites (tertiary alicyclic amines) is 1. The van der Waals surface area contributed by atoms with Gasteiger partial charge in [0.2, 0.25) is 0 Å². The van der Waals surface area contributed by atoms with Crippen LogP contribution in [0.5, 0.6) is 0 Å². The van der Waals surface area contributed by atoms with E-state index in [2.05, 4.69) is 39.5 Å². The molecule has 1 saturated heterocycles. The number of benzene rings is 1. The predicted octanol–water partition coefficient (Wildman–Crippen LogP) is 3.94. The molecular weight excluding hydrogens is 294 g/mol. The molecule has 1 aromatic carbocycles. The smallest absolute Gasteiger partial charge is 0.0388 e. The van der Waals surface area contributed by atoms with E-state index in [1.807, 2.05) is 12.4 Å². The molecule has 4 rings (SSSR count). The van der Waals surface area contributed by atoms with Gasteiger partial charge in [-0.3, -0.25) is 4.98 Å². The van der Waals surface area contributed by atoms with Crippen LogP contribution in [0.3, 0.4) is 0 Å². The number of anilines is 1. The van der Waals surface area contributed by atoms with Gasteiger partial charge in [-0.2, -0.15) is 0 Å². The van der Waals surface area contributed by atoms with Crippen molar-refractivity contribution in [2.45, 2.75) is 31.7 Å². The van der Waals surface area contributed by atoms with E-state index in [1.54, 1.807) is 0 Å². The SMILES string of the molecule is Cl.c1cc2cc(N[C@@H]3CCCN(CC4CC4)C3)ccc2cn1. The third-order valence-electron chi connectivity index (χ3n) is 4.73. The van der Waals surface area contributed by atoms with Gasteiger partial charge in [0, 0.05) is 42.6 Å². The first-order valence-electron chi connectivity index (χ1n) is 8.19. The molecule has 1 atom stereocenters. The van der Waals surface area contributed by atoms with Gasteiger partial charge in [-0.1, -0.05) is 6.07 Å². The van der Waals surface area contributed by atoms with E-state index in [0.717, 1.165) is 5.92 Å². The Kier molecular flexibility index (Phi) is 4.84. The molecule has 0 radical (unpaired) electrons. The van der Waals surface area contributed by atoms with E-state index >= 15 is 0 Å². The molecule has 1 saturated carbocycles. The fourth-order valence-corrected chi connectivity index (χ4v) is 3.41. The molecule has 1 aromatic heterocycles. The number of fused-ring (bicyclic) bond motifs is 1. The number of hydrogen-bond donors (Lipinski definition) is 1. The van der Waals surface area contributed by atoms with Crippen molar-refractivity contribution in [3.63, 3.8) is 0 Å². The van der Waals surface area contributed by atoms with E-state index < -0.39 is 0 Å². The summed E-state index contributed by atoms with van der Waals surface area (Å²) in [6, 6.07) is 9.27. The lowest BCUT2D eigenvalue weighted by Gasteiger charge is -2.33. The number of rotatable bonds is 4. The molecule has 2 aliphatic rings. The van der Waals surface area contributed by atoms with E-state index in [0.29, 0.717) is 6.04 Å². The molecule has 118 valence electrons. The normalized spacial score (nSPS) is 22.3. The Hall–Kier alpha value is -1.32. The monoisotopic (exact) mass is 317 g/mol. The maximum atomic E-state index is 4.17. The summed E-state index contributed by atoms with van der Waals surface area (Å²) < 4.78 is 0. The molecule has 2 fully saturated rings. The van der Waals surface area contributed by atoms with Crippen LogP contribution in [0.1, 0.15) is 25.7 Å². The first-order valence-corrected chi connectivity index (χ1v) is 8.19. The van der Waals surface area contributed by atoms with Crippen molar-refractivity contribution in [2.75, 3.05) is 25.0 Å². The quantitative estimate of drug-likeness (QED) is 0.925. The van der Waals surface area contributed by atoms with E-state index in [1.165, 1.54) is 61.8 Å². The summed E-state index contributed by atoms with van der Waals surface area (Å²) in [5.74, 6) is 0.997. The van der Waals surface area contributed by atoms with E-state index in [4.69, 9.17) is 0 Å². The third-order valence-corrected chi connectivity index (χ3v) is 4.73. The number of halogens is 1. The van der Waals surface area contributed by atoms with Crippen LogP contribution in [0.4, 0.5) is 5.69 Å². The van der Waals surface area contributed by atoms with Crippen LogP contribution in [0.25, 0.3) is 10.8 Å². The molecule has 1 aliphatic heterocycles. The Morgan fingerprint density at radius 1 is 1.14 bits per heavy atom. The van der Waals surface area contributed by atoms with Crippen LogP contribution >= 0.6 is 12.4 Å². The molecule has 2 aromatic rings. The Balaban J connectivity index is 0.00000144. The minimum absolute atomic E-state index is 0. The van der Waals surface area contributed by atoms with Gasteiger partial charge >= 0.3 is 0 Å². The fourth-order valence-electron chi connectivity index (χ4n) is 3.41. The second kappa shape index (κ2) is 6.84. The molecule has 1 aliphatic carbocycles. The molecule has 1 N–H and O–H groups in total. The van der Waals surface area contributed by atoms with Gasteiger partial charge in [-0.15, -0.1) is 12.4 Å². The Bertz CT molecular complexity index is 627. The molecule has 4 heteroatoms. The number of nitrogens with zero attached hydrogens (tertiary/aromatic N) is 2. The molecule has 0 unspecified atom stereocenters. The first-order chi connectivity index (χ1) is 10.4. The van der Waals surface area contributed by atoms with Crippen molar-refractivity contribution in [1.29, 1.82) is 0 Å². The van der Waals surface area contributed by atoms with Crippen LogP contribution in [0.2, 0.25) is 0 Å². The van der Waals surface area contributed by atoms with Gasteiger partial charge in [0.1, 0.15) is 0 Å². The molecule has 22 heavy (non-hydrogen) atoms. The largest absolute Gasteiger partial charge is 0.381 e. The first kappa shape index (κ1) is 15.6. The number of piperidine rings is 1. The Morgan fingerprint density at radius 2 is 2.05 bits per heavy atom. The molecule has 0 bridgehead atoms. The van der Waals surface area contributed by atoms with Crippen molar-refractivity contribution in [1.82, 2.24) is 9.88 Å². The standard InChI is InChI=1S/C18H23N3.ClH/c1-2-18(13-21(9-1)12-14-3-4-14)20-17-6-5-16-11-19-8-7-15(16)10-17;/h5-8,10-11,14,18,20H,1-4,9,12-13H2;1H/t18-;/m1./s1. The zero-order valence-corrected chi connectivity index (χ0v) is 13.7. The van der Waals surface area contributed by atoms with Gasteiger partial charge in [-0.25, -0.2) is 0 Å². The maximum absolute atomic E-state index is 4.17. The average molecular weight is 318 g/mol. The maximum Gasteiger partial charge on any atom is 0.0388 e. The Morgan fingerprint density at radius 3 is 2.91 bits per heavy atom. The lowest BCUT2D eigenvalue weighted by molar-refractivity contribution is 0.208. The molecule has 0 spiro atoms. The highest BCUT2D eigenvalue weighted by Crippen LogP contribution is 2.31. The van der Waals surface area contributed by atoms with Gasteiger partial charge in [-0.05, 0) is 61.7 Å². The van der Waals surface area contributed by atoms with Crippen LogP contribution in [-0.2, 0) is 0 Å². The van der Waals surface area contributed by atoms with Crippen LogP contribution < -0.4 is 5.32 Å². The minimum atomic E-state index is 0. The van der Waals surface area contributed by atoms with Crippen molar-refractivity contribution in [3.05, 3.63) is 36.7 Å². The summed E-state index contributed by atoms with van der Waals surface area (Å²) in [4.78, 5) is 6.83. The number of aromatic nitrogens is 1. The summed E-state index contributed by atoms with van der Waals surface area (Å²) in [6.45, 7) is 3.81. The third kappa shape index (κ3) is 3.71. The topological polar surface area (TPSA) is 28.2 Å². The highest BCUT2D eigenvalue weighted by molar-refractivity contribution is 5.85. The predicted molar refractivity (Wildman–Crippen MR) is 94.8 cm³/mol. The summed E-state index contributed by atoms with van der Waals surface area (Å²) in [7, 11) is 0. The van der Waals surface area contributed by atoms with Crippen LogP contribution in [0, 0.1) is 5.92 Å². The van der Waals surface area contributed by atoms with Crippen molar-refractivity contribution in [2.24, 2.45) is 5.92 Å². The second-order valence-electron chi connectivity index (χ2n) is 6.62.